The Morgan fingerprint density at radius 3 is 2.40 bits per heavy atom. The Morgan fingerprint density at radius 1 is 0.943 bits per heavy atom. The minimum absolute atomic E-state index is 0.265. The van der Waals surface area contributed by atoms with Crippen molar-refractivity contribution < 1.29 is 22.7 Å². The van der Waals surface area contributed by atoms with Crippen molar-refractivity contribution >= 4 is 17.4 Å². The van der Waals surface area contributed by atoms with Gasteiger partial charge in [-0.3, -0.25) is 9.78 Å². The highest BCUT2D eigenvalue weighted by Gasteiger charge is 2.31. The van der Waals surface area contributed by atoms with Gasteiger partial charge in [0.15, 0.2) is 0 Å². The summed E-state index contributed by atoms with van der Waals surface area (Å²) in [5.41, 5.74) is 4.18. The predicted octanol–water partition coefficient (Wildman–Crippen LogP) is 4.60. The van der Waals surface area contributed by atoms with Gasteiger partial charge in [-0.1, -0.05) is 0 Å². The van der Waals surface area contributed by atoms with Gasteiger partial charge in [-0.25, -0.2) is 15.0 Å². The van der Waals surface area contributed by atoms with E-state index >= 15 is 0 Å². The number of nitrogens with zero attached hydrogens (tertiary/aromatic N) is 5. The lowest BCUT2D eigenvalue weighted by molar-refractivity contribution is -0.274. The molecule has 1 aliphatic rings. The molecule has 1 aliphatic heterocycles. The van der Waals surface area contributed by atoms with Gasteiger partial charge in [0.1, 0.15) is 17.9 Å². The number of amides is 1. The third kappa shape index (κ3) is 5.03. The highest BCUT2D eigenvalue weighted by Crippen LogP contribution is 2.34. The highest BCUT2D eigenvalue weighted by atomic mass is 19.4. The second kappa shape index (κ2) is 9.01. The second-order valence-corrected chi connectivity index (χ2v) is 7.75. The number of benzene rings is 1. The van der Waals surface area contributed by atoms with Gasteiger partial charge in [0.2, 0.25) is 0 Å². The van der Waals surface area contributed by atoms with Crippen molar-refractivity contribution in [2.75, 3.05) is 10.2 Å². The van der Waals surface area contributed by atoms with Crippen LogP contribution in [0.25, 0.3) is 11.1 Å². The lowest BCUT2D eigenvalue weighted by Crippen LogP contribution is -2.19. The number of nitrogens with one attached hydrogen (secondary N) is 1. The summed E-state index contributed by atoms with van der Waals surface area (Å²) in [5.74, 6) is -0.184. The van der Waals surface area contributed by atoms with Crippen LogP contribution < -0.4 is 15.0 Å². The number of fused-ring (bicyclic) bond motifs is 1. The fourth-order valence-corrected chi connectivity index (χ4v) is 3.80. The molecule has 8 nitrogen and oxygen atoms in total. The molecule has 4 aromatic rings. The normalized spacial score (nSPS) is 12.8. The van der Waals surface area contributed by atoms with E-state index in [0.717, 1.165) is 23.3 Å². The third-order valence-corrected chi connectivity index (χ3v) is 5.37. The molecule has 0 saturated heterocycles. The maximum absolute atomic E-state index is 12.9. The number of pyridine rings is 2. The summed E-state index contributed by atoms with van der Waals surface area (Å²) >= 11 is 0. The largest absolute Gasteiger partial charge is 0.573 e. The molecule has 1 aromatic carbocycles. The lowest BCUT2D eigenvalue weighted by atomic mass is 10.1. The Balaban J connectivity index is 1.41. The molecule has 4 heterocycles. The zero-order valence-corrected chi connectivity index (χ0v) is 18.0. The lowest BCUT2D eigenvalue weighted by Gasteiger charge is -2.20. The second-order valence-electron chi connectivity index (χ2n) is 7.75. The van der Waals surface area contributed by atoms with E-state index in [9.17, 15) is 18.0 Å². The molecule has 0 atom stereocenters. The summed E-state index contributed by atoms with van der Waals surface area (Å²) in [6.45, 7) is 1.26. The van der Waals surface area contributed by atoms with E-state index in [2.05, 4.69) is 34.9 Å². The molecule has 0 unspecified atom stereocenters. The third-order valence-electron chi connectivity index (χ3n) is 5.37. The number of rotatable bonds is 5. The maximum Gasteiger partial charge on any atom is 0.573 e. The van der Waals surface area contributed by atoms with Crippen LogP contribution in [-0.2, 0) is 13.1 Å². The summed E-state index contributed by atoms with van der Waals surface area (Å²) in [6.07, 6.45) is 4.93. The van der Waals surface area contributed by atoms with Crippen LogP contribution in [0.4, 0.5) is 24.7 Å². The Hall–Kier alpha value is -4.54. The Kier molecular flexibility index (Phi) is 5.73. The van der Waals surface area contributed by atoms with E-state index < -0.39 is 12.3 Å². The van der Waals surface area contributed by atoms with Crippen molar-refractivity contribution in [3.8, 4) is 16.9 Å². The average molecular weight is 478 g/mol. The summed E-state index contributed by atoms with van der Waals surface area (Å²) in [7, 11) is 0. The standard InChI is InChI=1S/C24H17F3N6O2/c25-24(26,27)35-20-3-1-19(2-4-20)32-23(34)16-7-21(17-8-29-14-30-9-17)22(31-11-16)33-12-15-5-6-28-10-18(15)13-33/h1-11,14H,12-13H2,(H,32,34). The first-order valence-electron chi connectivity index (χ1n) is 10.4. The minimum atomic E-state index is -4.79. The number of alkyl halides is 3. The monoisotopic (exact) mass is 478 g/mol. The number of anilines is 2. The van der Waals surface area contributed by atoms with Crippen LogP contribution in [0.15, 0.2) is 73.7 Å². The molecule has 176 valence electrons. The smallest absolute Gasteiger partial charge is 0.406 e. The number of carbonyl (C=O) groups is 1. The molecule has 11 heteroatoms. The zero-order valence-electron chi connectivity index (χ0n) is 18.0. The first-order valence-corrected chi connectivity index (χ1v) is 10.4. The van der Waals surface area contributed by atoms with Crippen LogP contribution in [0, 0.1) is 0 Å². The number of ether oxygens (including phenoxy) is 1. The summed E-state index contributed by atoms with van der Waals surface area (Å²) < 4.78 is 40.9. The molecule has 1 N–H and O–H groups in total. The fourth-order valence-electron chi connectivity index (χ4n) is 3.80. The molecule has 0 radical (unpaired) electrons. The van der Waals surface area contributed by atoms with Crippen LogP contribution in [0.1, 0.15) is 21.5 Å². The molecule has 0 spiro atoms. The number of aromatic nitrogens is 4. The van der Waals surface area contributed by atoms with Gasteiger partial charge in [0, 0.05) is 60.9 Å². The fraction of sp³-hybridized carbons (Fsp3) is 0.125. The van der Waals surface area contributed by atoms with Gasteiger partial charge in [-0.2, -0.15) is 0 Å². The van der Waals surface area contributed by atoms with E-state index in [1.807, 2.05) is 12.3 Å². The maximum atomic E-state index is 12.9. The summed E-state index contributed by atoms with van der Waals surface area (Å²) in [6, 6.07) is 8.55. The molecule has 0 fully saturated rings. The molecule has 1 amide bonds. The van der Waals surface area contributed by atoms with Gasteiger partial charge in [-0.15, -0.1) is 13.2 Å². The van der Waals surface area contributed by atoms with Gasteiger partial charge >= 0.3 is 6.36 Å². The predicted molar refractivity (Wildman–Crippen MR) is 120 cm³/mol. The van der Waals surface area contributed by atoms with Crippen molar-refractivity contribution in [2.45, 2.75) is 19.5 Å². The molecule has 35 heavy (non-hydrogen) atoms. The van der Waals surface area contributed by atoms with Crippen molar-refractivity contribution in [1.82, 2.24) is 19.9 Å². The van der Waals surface area contributed by atoms with E-state index in [1.165, 1.54) is 24.7 Å². The summed E-state index contributed by atoms with van der Waals surface area (Å²) in [4.78, 5) is 31.9. The van der Waals surface area contributed by atoms with Gasteiger partial charge in [-0.05, 0) is 47.5 Å². The molecule has 0 aliphatic carbocycles. The zero-order chi connectivity index (χ0) is 24.4. The minimum Gasteiger partial charge on any atom is -0.406 e. The Morgan fingerprint density at radius 2 is 1.69 bits per heavy atom. The van der Waals surface area contributed by atoms with Crippen LogP contribution in [0.5, 0.6) is 5.75 Å². The van der Waals surface area contributed by atoms with Crippen LogP contribution >= 0.6 is 0 Å². The molecule has 3 aromatic heterocycles. The Labute approximate surface area is 197 Å². The van der Waals surface area contributed by atoms with Crippen molar-refractivity contribution in [3.05, 3.63) is 90.4 Å². The Bertz CT molecular complexity index is 1340. The van der Waals surface area contributed by atoms with Crippen LogP contribution in [-0.4, -0.2) is 32.2 Å². The molecular formula is C24H17F3N6O2. The number of hydrogen-bond acceptors (Lipinski definition) is 7. The summed E-state index contributed by atoms with van der Waals surface area (Å²) in [5, 5.41) is 2.66. The van der Waals surface area contributed by atoms with Crippen molar-refractivity contribution in [3.63, 3.8) is 0 Å². The number of hydrogen-bond donors (Lipinski definition) is 1. The molecule has 0 saturated carbocycles. The quantitative estimate of drug-likeness (QED) is 0.448. The first kappa shape index (κ1) is 22.3. The first-order chi connectivity index (χ1) is 16.9. The average Bonchev–Trinajstić information content (AvgIpc) is 3.29. The van der Waals surface area contributed by atoms with Gasteiger partial charge < -0.3 is 15.0 Å². The SMILES string of the molecule is O=C(Nc1ccc(OC(F)(F)F)cc1)c1cnc(N2Cc3ccncc3C2)c(-c2cncnc2)c1. The topological polar surface area (TPSA) is 93.1 Å². The molecule has 0 bridgehead atoms. The molecule has 5 rings (SSSR count). The molecular weight excluding hydrogens is 461 g/mol. The van der Waals surface area contributed by atoms with E-state index in [4.69, 9.17) is 0 Å². The van der Waals surface area contributed by atoms with Crippen LogP contribution in [0.2, 0.25) is 0 Å². The van der Waals surface area contributed by atoms with Gasteiger partial charge in [0.05, 0.1) is 5.56 Å². The van der Waals surface area contributed by atoms with Crippen LogP contribution in [0.3, 0.4) is 0 Å². The van der Waals surface area contributed by atoms with E-state index in [-0.39, 0.29) is 11.3 Å². The van der Waals surface area contributed by atoms with E-state index in [1.54, 1.807) is 24.7 Å². The highest BCUT2D eigenvalue weighted by molar-refractivity contribution is 6.05. The number of carbonyl (C=O) groups excluding carboxylic acids is 1. The van der Waals surface area contributed by atoms with E-state index in [0.29, 0.717) is 35.7 Å². The number of halogens is 3. The van der Waals surface area contributed by atoms with Crippen molar-refractivity contribution in [2.24, 2.45) is 0 Å². The van der Waals surface area contributed by atoms with Gasteiger partial charge in [0.25, 0.3) is 5.91 Å². The van der Waals surface area contributed by atoms with Crippen molar-refractivity contribution in [1.29, 1.82) is 0 Å².